The van der Waals surface area contributed by atoms with Gasteiger partial charge in [-0.2, -0.15) is 0 Å². The number of aryl methyl sites for hydroxylation is 1. The highest BCUT2D eigenvalue weighted by molar-refractivity contribution is 5.91. The first-order valence-corrected chi connectivity index (χ1v) is 6.58. The summed E-state index contributed by atoms with van der Waals surface area (Å²) in [6.07, 6.45) is 0. The topological polar surface area (TPSA) is 41.6 Å². The summed E-state index contributed by atoms with van der Waals surface area (Å²) in [6, 6.07) is 5.99. The molecule has 0 aromatic heterocycles. The average Bonchev–Trinajstić information content (AvgIpc) is 2.37. The molecule has 0 aliphatic rings. The van der Waals surface area contributed by atoms with Gasteiger partial charge in [0.2, 0.25) is 0 Å². The van der Waals surface area contributed by atoms with Crippen molar-refractivity contribution in [3.05, 3.63) is 29.3 Å². The van der Waals surface area contributed by atoms with Crippen molar-refractivity contribution in [3.63, 3.8) is 0 Å². The molecule has 0 fully saturated rings. The van der Waals surface area contributed by atoms with E-state index in [4.69, 9.17) is 4.74 Å². The zero-order chi connectivity index (χ0) is 14.4. The molecule has 0 radical (unpaired) electrons. The highest BCUT2D eigenvalue weighted by Gasteiger charge is 2.14. The summed E-state index contributed by atoms with van der Waals surface area (Å²) in [4.78, 5) is 13.7. The largest absolute Gasteiger partial charge is 0.383 e. The van der Waals surface area contributed by atoms with E-state index in [-0.39, 0.29) is 6.03 Å². The number of hydrogen-bond acceptors (Lipinski definition) is 2. The fourth-order valence-corrected chi connectivity index (χ4v) is 1.87. The van der Waals surface area contributed by atoms with Crippen LogP contribution in [0.5, 0.6) is 0 Å². The van der Waals surface area contributed by atoms with Gasteiger partial charge in [0, 0.05) is 26.4 Å². The Hall–Kier alpha value is -1.55. The van der Waals surface area contributed by atoms with Crippen LogP contribution in [0.25, 0.3) is 0 Å². The van der Waals surface area contributed by atoms with Crippen LogP contribution in [-0.2, 0) is 4.74 Å². The van der Waals surface area contributed by atoms with E-state index in [9.17, 15) is 4.79 Å². The normalized spacial score (nSPS) is 10.6. The zero-order valence-corrected chi connectivity index (χ0v) is 12.5. The number of hydrogen-bond donors (Lipinski definition) is 1. The molecule has 19 heavy (non-hydrogen) atoms. The van der Waals surface area contributed by atoms with Gasteiger partial charge in [0.1, 0.15) is 0 Å². The van der Waals surface area contributed by atoms with E-state index in [2.05, 4.69) is 25.2 Å². The minimum Gasteiger partial charge on any atom is -0.383 e. The second kappa shape index (κ2) is 7.14. The molecule has 0 atom stereocenters. The Morgan fingerprint density at radius 2 is 2.11 bits per heavy atom. The molecule has 4 heteroatoms. The maximum atomic E-state index is 12.1. The number of nitrogens with one attached hydrogen (secondary N) is 1. The molecule has 1 rings (SSSR count). The summed E-state index contributed by atoms with van der Waals surface area (Å²) in [6.45, 7) is 7.37. The molecule has 2 amide bonds. The standard InChI is InChI=1S/C15H24N2O2/c1-11(2)13-8-6-7-12(3)14(13)16-15(18)17(4)9-10-19-5/h6-8,11H,9-10H2,1-5H3,(H,16,18). The fraction of sp³-hybridized carbons (Fsp3) is 0.533. The molecule has 4 nitrogen and oxygen atoms in total. The van der Waals surface area contributed by atoms with Crippen LogP contribution in [0, 0.1) is 6.92 Å². The van der Waals surface area contributed by atoms with Gasteiger partial charge in [0.05, 0.1) is 6.61 Å². The molecular formula is C15H24N2O2. The lowest BCUT2D eigenvalue weighted by Gasteiger charge is -2.21. The van der Waals surface area contributed by atoms with Crippen LogP contribution >= 0.6 is 0 Å². The van der Waals surface area contributed by atoms with E-state index in [1.807, 2.05) is 19.1 Å². The van der Waals surface area contributed by atoms with Crippen LogP contribution in [0.15, 0.2) is 18.2 Å². The Labute approximate surface area is 115 Å². The lowest BCUT2D eigenvalue weighted by molar-refractivity contribution is 0.165. The number of amides is 2. The molecule has 1 N–H and O–H groups in total. The number of benzene rings is 1. The van der Waals surface area contributed by atoms with Crippen molar-refractivity contribution in [1.82, 2.24) is 4.90 Å². The number of ether oxygens (including phenoxy) is 1. The molecule has 0 aliphatic carbocycles. The Bertz CT molecular complexity index is 430. The monoisotopic (exact) mass is 264 g/mol. The number of nitrogens with zero attached hydrogens (tertiary/aromatic N) is 1. The molecule has 0 bridgehead atoms. The third kappa shape index (κ3) is 4.24. The Morgan fingerprint density at radius 1 is 1.42 bits per heavy atom. The van der Waals surface area contributed by atoms with Crippen LogP contribution in [0.3, 0.4) is 0 Å². The number of likely N-dealkylation sites (N-methyl/N-ethyl adjacent to an activating group) is 1. The first kappa shape index (κ1) is 15.5. The van der Waals surface area contributed by atoms with Crippen molar-refractivity contribution in [1.29, 1.82) is 0 Å². The molecule has 0 saturated carbocycles. The third-order valence-corrected chi connectivity index (χ3v) is 3.14. The summed E-state index contributed by atoms with van der Waals surface area (Å²) >= 11 is 0. The number of rotatable bonds is 5. The van der Waals surface area contributed by atoms with Gasteiger partial charge in [-0.3, -0.25) is 0 Å². The molecule has 1 aromatic carbocycles. The van der Waals surface area contributed by atoms with E-state index in [0.717, 1.165) is 16.8 Å². The van der Waals surface area contributed by atoms with Gasteiger partial charge in [0.15, 0.2) is 0 Å². The van der Waals surface area contributed by atoms with E-state index < -0.39 is 0 Å². The molecule has 106 valence electrons. The number of urea groups is 1. The van der Waals surface area contributed by atoms with Crippen molar-refractivity contribution in [2.45, 2.75) is 26.7 Å². The first-order valence-electron chi connectivity index (χ1n) is 6.58. The molecule has 0 unspecified atom stereocenters. The van der Waals surface area contributed by atoms with Crippen molar-refractivity contribution in [2.75, 3.05) is 32.6 Å². The van der Waals surface area contributed by atoms with Crippen molar-refractivity contribution in [2.24, 2.45) is 0 Å². The summed E-state index contributed by atoms with van der Waals surface area (Å²) in [5.41, 5.74) is 3.17. The second-order valence-corrected chi connectivity index (χ2v) is 5.04. The second-order valence-electron chi connectivity index (χ2n) is 5.04. The van der Waals surface area contributed by atoms with Crippen LogP contribution in [0.2, 0.25) is 0 Å². The highest BCUT2D eigenvalue weighted by Crippen LogP contribution is 2.27. The van der Waals surface area contributed by atoms with Gasteiger partial charge in [-0.05, 0) is 24.0 Å². The average molecular weight is 264 g/mol. The molecule has 1 aromatic rings. The van der Waals surface area contributed by atoms with Gasteiger partial charge < -0.3 is 15.0 Å². The maximum absolute atomic E-state index is 12.1. The molecular weight excluding hydrogens is 240 g/mol. The minimum absolute atomic E-state index is 0.103. The van der Waals surface area contributed by atoms with Crippen LogP contribution in [0.4, 0.5) is 10.5 Å². The van der Waals surface area contributed by atoms with Gasteiger partial charge in [-0.25, -0.2) is 4.79 Å². The van der Waals surface area contributed by atoms with Crippen molar-refractivity contribution >= 4 is 11.7 Å². The number of carbonyl (C=O) groups excluding carboxylic acids is 1. The lowest BCUT2D eigenvalue weighted by atomic mass is 9.98. The number of methoxy groups -OCH3 is 1. The number of anilines is 1. The molecule has 0 heterocycles. The molecule has 0 saturated heterocycles. The van der Waals surface area contributed by atoms with Gasteiger partial charge in [0.25, 0.3) is 0 Å². The fourth-order valence-electron chi connectivity index (χ4n) is 1.87. The van der Waals surface area contributed by atoms with Crippen LogP contribution in [-0.4, -0.2) is 38.2 Å². The summed E-state index contributed by atoms with van der Waals surface area (Å²) < 4.78 is 4.98. The third-order valence-electron chi connectivity index (χ3n) is 3.14. The predicted molar refractivity (Wildman–Crippen MR) is 78.8 cm³/mol. The zero-order valence-electron chi connectivity index (χ0n) is 12.5. The van der Waals surface area contributed by atoms with Crippen molar-refractivity contribution < 1.29 is 9.53 Å². The van der Waals surface area contributed by atoms with E-state index in [1.54, 1.807) is 19.1 Å². The first-order chi connectivity index (χ1) is 8.97. The van der Waals surface area contributed by atoms with Crippen LogP contribution in [0.1, 0.15) is 30.9 Å². The van der Waals surface area contributed by atoms with Gasteiger partial charge >= 0.3 is 6.03 Å². The Kier molecular flexibility index (Phi) is 5.83. The predicted octanol–water partition coefficient (Wildman–Crippen LogP) is 3.23. The van der Waals surface area contributed by atoms with E-state index in [0.29, 0.717) is 19.1 Å². The van der Waals surface area contributed by atoms with E-state index >= 15 is 0 Å². The number of carbonyl (C=O) groups is 1. The summed E-state index contributed by atoms with van der Waals surface area (Å²) in [5.74, 6) is 0.375. The Balaban J connectivity index is 2.84. The number of para-hydroxylation sites is 1. The smallest absolute Gasteiger partial charge is 0.321 e. The SMILES string of the molecule is COCCN(C)C(=O)Nc1c(C)cccc1C(C)C. The molecule has 0 aliphatic heterocycles. The van der Waals surface area contributed by atoms with Gasteiger partial charge in [-0.15, -0.1) is 0 Å². The quantitative estimate of drug-likeness (QED) is 0.887. The van der Waals surface area contributed by atoms with Gasteiger partial charge in [-0.1, -0.05) is 32.0 Å². The summed E-state index contributed by atoms with van der Waals surface area (Å²) in [5, 5.41) is 3.00. The summed E-state index contributed by atoms with van der Waals surface area (Å²) in [7, 11) is 3.39. The molecule has 0 spiro atoms. The minimum atomic E-state index is -0.103. The van der Waals surface area contributed by atoms with Crippen LogP contribution < -0.4 is 5.32 Å². The Morgan fingerprint density at radius 3 is 2.68 bits per heavy atom. The van der Waals surface area contributed by atoms with E-state index in [1.165, 1.54) is 0 Å². The lowest BCUT2D eigenvalue weighted by Crippen LogP contribution is -2.34. The highest BCUT2D eigenvalue weighted by atomic mass is 16.5. The van der Waals surface area contributed by atoms with Crippen molar-refractivity contribution in [3.8, 4) is 0 Å². The maximum Gasteiger partial charge on any atom is 0.321 e.